The van der Waals surface area contributed by atoms with Crippen molar-refractivity contribution in [2.24, 2.45) is 0 Å². The van der Waals surface area contributed by atoms with Crippen LogP contribution in [0.15, 0.2) is 42.6 Å². The minimum absolute atomic E-state index is 0.0865. The molecule has 1 heterocycles. The molecule has 2 rings (SSSR count). The van der Waals surface area contributed by atoms with E-state index in [1.807, 2.05) is 44.2 Å². The molecule has 104 valence electrons. The number of aromatic amines is 1. The van der Waals surface area contributed by atoms with Gasteiger partial charge in [-0.05, 0) is 25.0 Å². The first-order valence-electron chi connectivity index (χ1n) is 6.74. The molecule has 0 aliphatic heterocycles. The molecule has 0 saturated carbocycles. The molecule has 20 heavy (non-hydrogen) atoms. The molecular formula is C16H19N3O. The standard InChI is InChI=1S/C16H19N3O/c1-3-14(16-17-11-12(2)18-16)19-15(20)10-9-13-7-5-4-6-8-13/h4-11,14H,3H2,1-2H3,(H,17,18)(H,19,20)/b10-9+/t14-/m0/s1. The Bertz CT molecular complexity index is 587. The molecule has 0 aliphatic rings. The normalized spacial score (nSPS) is 12.5. The molecule has 1 amide bonds. The Balaban J connectivity index is 1.98. The van der Waals surface area contributed by atoms with Crippen molar-refractivity contribution in [3.63, 3.8) is 0 Å². The van der Waals surface area contributed by atoms with E-state index in [1.165, 1.54) is 0 Å². The fraction of sp³-hybridized carbons (Fsp3) is 0.250. The fourth-order valence-corrected chi connectivity index (χ4v) is 1.93. The van der Waals surface area contributed by atoms with Gasteiger partial charge in [0.1, 0.15) is 5.82 Å². The average Bonchev–Trinajstić information content (AvgIpc) is 2.90. The highest BCUT2D eigenvalue weighted by Gasteiger charge is 2.13. The van der Waals surface area contributed by atoms with E-state index in [9.17, 15) is 4.79 Å². The average molecular weight is 269 g/mol. The van der Waals surface area contributed by atoms with Crippen LogP contribution < -0.4 is 5.32 Å². The van der Waals surface area contributed by atoms with E-state index in [0.29, 0.717) is 0 Å². The summed E-state index contributed by atoms with van der Waals surface area (Å²) in [5.74, 6) is 0.682. The van der Waals surface area contributed by atoms with Crippen molar-refractivity contribution in [2.45, 2.75) is 26.3 Å². The van der Waals surface area contributed by atoms with Gasteiger partial charge < -0.3 is 10.3 Å². The zero-order valence-corrected chi connectivity index (χ0v) is 11.8. The topological polar surface area (TPSA) is 57.8 Å². The number of carbonyl (C=O) groups excluding carboxylic acids is 1. The summed E-state index contributed by atoms with van der Waals surface area (Å²) < 4.78 is 0. The summed E-state index contributed by atoms with van der Waals surface area (Å²) >= 11 is 0. The van der Waals surface area contributed by atoms with Gasteiger partial charge in [0.2, 0.25) is 5.91 Å². The number of aryl methyl sites for hydroxylation is 1. The summed E-state index contributed by atoms with van der Waals surface area (Å²) in [6, 6.07) is 9.66. The molecule has 0 aliphatic carbocycles. The molecule has 2 N–H and O–H groups in total. The van der Waals surface area contributed by atoms with Crippen molar-refractivity contribution in [1.29, 1.82) is 0 Å². The quantitative estimate of drug-likeness (QED) is 0.820. The minimum atomic E-state index is -0.116. The first-order chi connectivity index (χ1) is 9.69. The number of nitrogens with one attached hydrogen (secondary N) is 2. The smallest absolute Gasteiger partial charge is 0.244 e. The van der Waals surface area contributed by atoms with Gasteiger partial charge in [-0.25, -0.2) is 4.98 Å². The van der Waals surface area contributed by atoms with Crippen LogP contribution in [-0.4, -0.2) is 15.9 Å². The molecule has 1 atom stereocenters. The maximum Gasteiger partial charge on any atom is 0.244 e. The maximum absolute atomic E-state index is 11.9. The van der Waals surface area contributed by atoms with Gasteiger partial charge in [-0.15, -0.1) is 0 Å². The second kappa shape index (κ2) is 6.70. The number of benzene rings is 1. The van der Waals surface area contributed by atoms with E-state index in [4.69, 9.17) is 0 Å². The summed E-state index contributed by atoms with van der Waals surface area (Å²) in [7, 11) is 0. The summed E-state index contributed by atoms with van der Waals surface area (Å²) in [5.41, 5.74) is 2.00. The summed E-state index contributed by atoms with van der Waals surface area (Å²) in [6.45, 7) is 3.96. The van der Waals surface area contributed by atoms with Crippen LogP contribution in [0.25, 0.3) is 6.08 Å². The molecule has 0 radical (unpaired) electrons. The number of imidazole rings is 1. The van der Waals surface area contributed by atoms with Gasteiger partial charge in [0.05, 0.1) is 6.04 Å². The summed E-state index contributed by atoms with van der Waals surface area (Å²) in [4.78, 5) is 19.3. The predicted octanol–water partition coefficient (Wildman–Crippen LogP) is 3.00. The van der Waals surface area contributed by atoms with Crippen molar-refractivity contribution >= 4 is 12.0 Å². The van der Waals surface area contributed by atoms with Crippen molar-refractivity contribution in [1.82, 2.24) is 15.3 Å². The van der Waals surface area contributed by atoms with Gasteiger partial charge in [0.25, 0.3) is 0 Å². The molecule has 1 aromatic carbocycles. The van der Waals surface area contributed by atoms with Gasteiger partial charge in [0, 0.05) is 18.0 Å². The van der Waals surface area contributed by atoms with E-state index in [0.717, 1.165) is 23.5 Å². The molecule has 0 spiro atoms. The second-order valence-corrected chi connectivity index (χ2v) is 4.66. The Kier molecular flexibility index (Phi) is 4.71. The van der Waals surface area contributed by atoms with Crippen LogP contribution in [0.2, 0.25) is 0 Å². The molecule has 2 aromatic rings. The van der Waals surface area contributed by atoms with E-state index >= 15 is 0 Å². The molecule has 4 nitrogen and oxygen atoms in total. The second-order valence-electron chi connectivity index (χ2n) is 4.66. The van der Waals surface area contributed by atoms with Crippen LogP contribution in [0.3, 0.4) is 0 Å². The van der Waals surface area contributed by atoms with E-state index in [-0.39, 0.29) is 11.9 Å². The third-order valence-corrected chi connectivity index (χ3v) is 3.00. The van der Waals surface area contributed by atoms with Crippen molar-refractivity contribution in [2.75, 3.05) is 0 Å². The van der Waals surface area contributed by atoms with Crippen molar-refractivity contribution in [3.8, 4) is 0 Å². The number of hydrogen-bond donors (Lipinski definition) is 2. The number of hydrogen-bond acceptors (Lipinski definition) is 2. The molecule has 4 heteroatoms. The largest absolute Gasteiger partial charge is 0.344 e. The Morgan fingerprint density at radius 2 is 2.15 bits per heavy atom. The van der Waals surface area contributed by atoms with Crippen LogP contribution in [0, 0.1) is 6.92 Å². The lowest BCUT2D eigenvalue weighted by atomic mass is 10.2. The van der Waals surface area contributed by atoms with Gasteiger partial charge >= 0.3 is 0 Å². The first kappa shape index (κ1) is 14.1. The van der Waals surface area contributed by atoms with Gasteiger partial charge in [-0.3, -0.25) is 4.79 Å². The van der Waals surface area contributed by atoms with Crippen LogP contribution >= 0.6 is 0 Å². The predicted molar refractivity (Wildman–Crippen MR) is 80.0 cm³/mol. The number of amides is 1. The third kappa shape index (κ3) is 3.82. The van der Waals surface area contributed by atoms with Crippen LogP contribution in [0.1, 0.15) is 36.5 Å². The van der Waals surface area contributed by atoms with Gasteiger partial charge in [0.15, 0.2) is 0 Å². The van der Waals surface area contributed by atoms with E-state index in [1.54, 1.807) is 18.3 Å². The molecule has 0 bridgehead atoms. The molecule has 0 unspecified atom stereocenters. The minimum Gasteiger partial charge on any atom is -0.344 e. The number of rotatable bonds is 5. The lowest BCUT2D eigenvalue weighted by Crippen LogP contribution is -2.27. The first-order valence-corrected chi connectivity index (χ1v) is 6.74. The van der Waals surface area contributed by atoms with Gasteiger partial charge in [-0.2, -0.15) is 0 Å². The molecule has 0 fully saturated rings. The Morgan fingerprint density at radius 1 is 1.40 bits per heavy atom. The highest BCUT2D eigenvalue weighted by Crippen LogP contribution is 2.12. The highest BCUT2D eigenvalue weighted by atomic mass is 16.1. The third-order valence-electron chi connectivity index (χ3n) is 3.00. The SMILES string of the molecule is CC[C@H](NC(=O)/C=C/c1ccccc1)c1ncc(C)[nH]1. The highest BCUT2D eigenvalue weighted by molar-refractivity contribution is 5.91. The van der Waals surface area contributed by atoms with Crippen LogP contribution in [0.5, 0.6) is 0 Å². The summed E-state index contributed by atoms with van der Waals surface area (Å²) in [6.07, 6.45) is 5.91. The lowest BCUT2D eigenvalue weighted by Gasteiger charge is -2.13. The number of H-pyrrole nitrogens is 1. The Morgan fingerprint density at radius 3 is 2.75 bits per heavy atom. The Hall–Kier alpha value is -2.36. The number of carbonyl (C=O) groups is 1. The lowest BCUT2D eigenvalue weighted by molar-refractivity contribution is -0.117. The van der Waals surface area contributed by atoms with Crippen molar-refractivity contribution in [3.05, 3.63) is 59.7 Å². The number of nitrogens with zero attached hydrogens (tertiary/aromatic N) is 1. The number of aromatic nitrogens is 2. The maximum atomic E-state index is 11.9. The van der Waals surface area contributed by atoms with Crippen LogP contribution in [-0.2, 0) is 4.79 Å². The monoisotopic (exact) mass is 269 g/mol. The van der Waals surface area contributed by atoms with E-state index < -0.39 is 0 Å². The van der Waals surface area contributed by atoms with Crippen molar-refractivity contribution < 1.29 is 4.79 Å². The molecule has 0 saturated heterocycles. The molecule has 1 aromatic heterocycles. The van der Waals surface area contributed by atoms with Crippen LogP contribution in [0.4, 0.5) is 0 Å². The fourth-order valence-electron chi connectivity index (χ4n) is 1.93. The summed E-state index contributed by atoms with van der Waals surface area (Å²) in [5, 5.41) is 2.95. The van der Waals surface area contributed by atoms with Gasteiger partial charge in [-0.1, -0.05) is 37.3 Å². The zero-order chi connectivity index (χ0) is 14.4. The zero-order valence-electron chi connectivity index (χ0n) is 11.8. The molecular weight excluding hydrogens is 250 g/mol. The Labute approximate surface area is 118 Å². The van der Waals surface area contributed by atoms with E-state index in [2.05, 4.69) is 15.3 Å².